The quantitative estimate of drug-likeness (QED) is 0.660. The van der Waals surface area contributed by atoms with Gasteiger partial charge in [-0.2, -0.15) is 5.10 Å². The van der Waals surface area contributed by atoms with Gasteiger partial charge < -0.3 is 10.1 Å². The summed E-state index contributed by atoms with van der Waals surface area (Å²) in [5, 5.41) is 10.3. The van der Waals surface area contributed by atoms with Crippen molar-refractivity contribution in [2.75, 3.05) is 26.5 Å². The van der Waals surface area contributed by atoms with Crippen molar-refractivity contribution in [3.63, 3.8) is 0 Å². The first-order chi connectivity index (χ1) is 13.5. The number of carbonyl (C=O) groups is 1. The van der Waals surface area contributed by atoms with Crippen LogP contribution in [0.15, 0.2) is 54.6 Å². The highest BCUT2D eigenvalue weighted by atomic mass is 16.5. The van der Waals surface area contributed by atoms with Crippen molar-refractivity contribution >= 4 is 11.7 Å². The summed E-state index contributed by atoms with van der Waals surface area (Å²) < 4.78 is 5.23. The first kappa shape index (κ1) is 19.6. The molecule has 1 aromatic heterocycles. The third kappa shape index (κ3) is 4.40. The largest absolute Gasteiger partial charge is 0.497 e. The minimum atomic E-state index is -0.303. The van der Waals surface area contributed by atoms with Crippen LogP contribution in [-0.2, 0) is 11.2 Å². The summed E-state index contributed by atoms with van der Waals surface area (Å²) in [6.45, 7) is 1.94. The van der Waals surface area contributed by atoms with Crippen LogP contribution < -0.4 is 10.1 Å². The van der Waals surface area contributed by atoms with E-state index < -0.39 is 0 Å². The molecule has 0 aliphatic rings. The van der Waals surface area contributed by atoms with Crippen LogP contribution in [0.1, 0.15) is 11.3 Å². The molecule has 6 nitrogen and oxygen atoms in total. The fourth-order valence-corrected chi connectivity index (χ4v) is 3.18. The number of carbonyl (C=O) groups excluding carboxylic acids is 1. The third-order valence-electron chi connectivity index (χ3n) is 4.77. The predicted molar refractivity (Wildman–Crippen MR) is 112 cm³/mol. The Balaban J connectivity index is 1.83. The van der Waals surface area contributed by atoms with Crippen LogP contribution in [0.25, 0.3) is 11.1 Å². The number of ether oxygens (including phenoxy) is 1. The van der Waals surface area contributed by atoms with Crippen molar-refractivity contribution in [2.45, 2.75) is 19.4 Å². The van der Waals surface area contributed by atoms with E-state index in [1.807, 2.05) is 80.5 Å². The highest BCUT2D eigenvalue weighted by Crippen LogP contribution is 2.31. The standard InChI is InChI=1S/C22H26N4O2/c1-15-20(17-10-12-18(28-4)13-11-17)21(25-24-15)23-22(27)19(26(2)3)14-16-8-6-5-7-9-16/h5-13,19H,14H2,1-4H3,(H2,23,24,25,27)/t19-/m0/s1. The molecule has 2 aromatic carbocycles. The topological polar surface area (TPSA) is 70.2 Å². The molecule has 3 rings (SSSR count). The molecule has 0 unspecified atom stereocenters. The van der Waals surface area contributed by atoms with E-state index in [1.165, 1.54) is 0 Å². The second-order valence-corrected chi connectivity index (χ2v) is 6.96. The average molecular weight is 378 g/mol. The maximum Gasteiger partial charge on any atom is 0.243 e. The van der Waals surface area contributed by atoms with Crippen molar-refractivity contribution in [2.24, 2.45) is 0 Å². The van der Waals surface area contributed by atoms with E-state index in [0.717, 1.165) is 28.1 Å². The number of hydrogen-bond donors (Lipinski definition) is 2. The molecule has 0 saturated heterocycles. The van der Waals surface area contributed by atoms with E-state index in [4.69, 9.17) is 4.74 Å². The summed E-state index contributed by atoms with van der Waals surface area (Å²) in [7, 11) is 5.46. The minimum Gasteiger partial charge on any atom is -0.497 e. The number of aromatic nitrogens is 2. The molecule has 0 fully saturated rings. The van der Waals surface area contributed by atoms with E-state index in [0.29, 0.717) is 12.2 Å². The Hall–Kier alpha value is -3.12. The van der Waals surface area contributed by atoms with Crippen LogP contribution >= 0.6 is 0 Å². The Morgan fingerprint density at radius 2 is 1.82 bits per heavy atom. The van der Waals surface area contributed by atoms with Crippen molar-refractivity contribution < 1.29 is 9.53 Å². The monoisotopic (exact) mass is 378 g/mol. The smallest absolute Gasteiger partial charge is 0.243 e. The molecule has 1 atom stereocenters. The number of likely N-dealkylation sites (N-methyl/N-ethyl adjacent to an activating group) is 1. The SMILES string of the molecule is COc1ccc(-c2c(NC(=O)[C@H](Cc3ccccc3)N(C)C)n[nH]c2C)cc1. The van der Waals surface area contributed by atoms with E-state index in [1.54, 1.807) is 7.11 Å². The lowest BCUT2D eigenvalue weighted by Gasteiger charge is -2.23. The van der Waals surface area contributed by atoms with E-state index in [9.17, 15) is 4.79 Å². The Morgan fingerprint density at radius 3 is 2.43 bits per heavy atom. The van der Waals surface area contributed by atoms with Gasteiger partial charge in [0.05, 0.1) is 13.2 Å². The van der Waals surface area contributed by atoms with Crippen molar-refractivity contribution in [1.82, 2.24) is 15.1 Å². The molecule has 0 radical (unpaired) electrons. The zero-order valence-corrected chi connectivity index (χ0v) is 16.7. The summed E-state index contributed by atoms with van der Waals surface area (Å²) >= 11 is 0. The lowest BCUT2D eigenvalue weighted by atomic mass is 10.0. The van der Waals surface area contributed by atoms with Gasteiger partial charge in [0.15, 0.2) is 5.82 Å². The van der Waals surface area contributed by atoms with Crippen LogP contribution in [0, 0.1) is 6.92 Å². The van der Waals surface area contributed by atoms with Crippen LogP contribution in [0.5, 0.6) is 5.75 Å². The van der Waals surface area contributed by atoms with Crippen LogP contribution in [0.2, 0.25) is 0 Å². The second kappa shape index (κ2) is 8.71. The molecule has 3 aromatic rings. The number of aryl methyl sites for hydroxylation is 1. The van der Waals surface area contributed by atoms with Crippen molar-refractivity contribution in [1.29, 1.82) is 0 Å². The van der Waals surface area contributed by atoms with Gasteiger partial charge in [-0.1, -0.05) is 42.5 Å². The molecular weight excluding hydrogens is 352 g/mol. The highest BCUT2D eigenvalue weighted by Gasteiger charge is 2.24. The summed E-state index contributed by atoms with van der Waals surface area (Å²) in [6.07, 6.45) is 0.626. The molecule has 0 bridgehead atoms. The molecular formula is C22H26N4O2. The van der Waals surface area contributed by atoms with Gasteiger partial charge in [-0.25, -0.2) is 0 Å². The number of nitrogens with zero attached hydrogens (tertiary/aromatic N) is 2. The molecule has 6 heteroatoms. The number of nitrogens with one attached hydrogen (secondary N) is 2. The van der Waals surface area contributed by atoms with Gasteiger partial charge in [0, 0.05) is 11.3 Å². The number of anilines is 1. The number of rotatable bonds is 7. The summed E-state index contributed by atoms with van der Waals surface area (Å²) in [5.41, 5.74) is 3.86. The molecule has 28 heavy (non-hydrogen) atoms. The maximum atomic E-state index is 13.0. The fourth-order valence-electron chi connectivity index (χ4n) is 3.18. The first-order valence-electron chi connectivity index (χ1n) is 9.20. The predicted octanol–water partition coefficient (Wildman–Crippen LogP) is 3.51. The van der Waals surface area contributed by atoms with Crippen molar-refractivity contribution in [3.05, 3.63) is 65.9 Å². The number of aromatic amines is 1. The van der Waals surface area contributed by atoms with E-state index >= 15 is 0 Å². The van der Waals surface area contributed by atoms with E-state index in [-0.39, 0.29) is 11.9 Å². The number of benzene rings is 2. The molecule has 0 spiro atoms. The van der Waals surface area contributed by atoms with Gasteiger partial charge in [0.25, 0.3) is 0 Å². The van der Waals surface area contributed by atoms with Crippen molar-refractivity contribution in [3.8, 4) is 16.9 Å². The van der Waals surface area contributed by atoms with Gasteiger partial charge in [-0.3, -0.25) is 14.8 Å². The highest BCUT2D eigenvalue weighted by molar-refractivity contribution is 5.97. The van der Waals surface area contributed by atoms with Gasteiger partial charge in [-0.05, 0) is 50.7 Å². The molecule has 146 valence electrons. The lowest BCUT2D eigenvalue weighted by molar-refractivity contribution is -0.120. The fraction of sp³-hybridized carbons (Fsp3) is 0.273. The van der Waals surface area contributed by atoms with Crippen LogP contribution in [-0.4, -0.2) is 48.3 Å². The summed E-state index contributed by atoms with van der Waals surface area (Å²) in [4.78, 5) is 15.0. The van der Waals surface area contributed by atoms with Gasteiger partial charge in [-0.15, -0.1) is 0 Å². The molecule has 1 amide bonds. The molecule has 0 saturated carbocycles. The Morgan fingerprint density at radius 1 is 1.14 bits per heavy atom. The molecule has 0 aliphatic heterocycles. The van der Waals surface area contributed by atoms with E-state index in [2.05, 4.69) is 15.5 Å². The number of methoxy groups -OCH3 is 1. The van der Waals surface area contributed by atoms with Gasteiger partial charge >= 0.3 is 0 Å². The summed E-state index contributed by atoms with van der Waals surface area (Å²) in [6, 6.07) is 17.4. The summed E-state index contributed by atoms with van der Waals surface area (Å²) in [5.74, 6) is 1.23. The van der Waals surface area contributed by atoms with Gasteiger partial charge in [0.2, 0.25) is 5.91 Å². The molecule has 2 N–H and O–H groups in total. The molecule has 1 heterocycles. The number of amides is 1. The minimum absolute atomic E-state index is 0.0879. The zero-order valence-electron chi connectivity index (χ0n) is 16.7. The Bertz CT molecular complexity index is 917. The lowest BCUT2D eigenvalue weighted by Crippen LogP contribution is -2.41. The Kier molecular flexibility index (Phi) is 6.11. The normalized spacial score (nSPS) is 12.0. The second-order valence-electron chi connectivity index (χ2n) is 6.96. The molecule has 0 aliphatic carbocycles. The number of H-pyrrole nitrogens is 1. The first-order valence-corrected chi connectivity index (χ1v) is 9.20. The van der Waals surface area contributed by atoms with Crippen LogP contribution in [0.3, 0.4) is 0 Å². The van der Waals surface area contributed by atoms with Gasteiger partial charge in [0.1, 0.15) is 5.75 Å². The Labute approximate surface area is 165 Å². The third-order valence-corrected chi connectivity index (χ3v) is 4.77. The average Bonchev–Trinajstić information content (AvgIpc) is 3.06. The van der Waals surface area contributed by atoms with Crippen LogP contribution in [0.4, 0.5) is 5.82 Å². The maximum absolute atomic E-state index is 13.0. The zero-order chi connectivity index (χ0) is 20.1. The number of hydrogen-bond acceptors (Lipinski definition) is 4.